The molecular formula is C11H25NO. The summed E-state index contributed by atoms with van der Waals surface area (Å²) >= 11 is 0. The van der Waals surface area contributed by atoms with Crippen molar-refractivity contribution in [3.05, 3.63) is 0 Å². The maximum absolute atomic E-state index is 8.91. The number of hydrogen-bond donors (Lipinski definition) is 2. The SMILES string of the molecule is CC[C@H](C)C[C@H](CC)N[C@H](C)CO. The summed E-state index contributed by atoms with van der Waals surface area (Å²) in [5, 5.41) is 12.3. The molecule has 2 heteroatoms. The van der Waals surface area contributed by atoms with Crippen LogP contribution in [0, 0.1) is 5.92 Å². The molecule has 0 bridgehead atoms. The number of aliphatic hydroxyl groups is 1. The minimum atomic E-state index is 0.231. The van der Waals surface area contributed by atoms with Gasteiger partial charge in [-0.15, -0.1) is 0 Å². The van der Waals surface area contributed by atoms with E-state index >= 15 is 0 Å². The summed E-state index contributed by atoms with van der Waals surface area (Å²) in [5.74, 6) is 0.781. The third-order valence-corrected chi connectivity index (χ3v) is 2.67. The lowest BCUT2D eigenvalue weighted by Gasteiger charge is -2.23. The Labute approximate surface area is 82.7 Å². The van der Waals surface area contributed by atoms with Gasteiger partial charge in [-0.2, -0.15) is 0 Å². The lowest BCUT2D eigenvalue weighted by atomic mass is 9.97. The third-order valence-electron chi connectivity index (χ3n) is 2.67. The van der Waals surface area contributed by atoms with Gasteiger partial charge in [0.15, 0.2) is 0 Å². The molecule has 0 aromatic heterocycles. The fraction of sp³-hybridized carbons (Fsp3) is 1.00. The van der Waals surface area contributed by atoms with Crippen LogP contribution in [0.15, 0.2) is 0 Å². The molecule has 0 amide bonds. The summed E-state index contributed by atoms with van der Waals surface area (Å²) in [6.07, 6.45) is 3.61. The quantitative estimate of drug-likeness (QED) is 0.640. The Morgan fingerprint density at radius 3 is 2.15 bits per heavy atom. The molecule has 0 aromatic rings. The molecule has 0 fully saturated rings. The molecular weight excluding hydrogens is 162 g/mol. The molecule has 0 heterocycles. The predicted octanol–water partition coefficient (Wildman–Crippen LogP) is 2.17. The van der Waals surface area contributed by atoms with E-state index in [9.17, 15) is 0 Å². The summed E-state index contributed by atoms with van der Waals surface area (Å²) in [6, 6.07) is 0.797. The third kappa shape index (κ3) is 6.05. The van der Waals surface area contributed by atoms with Gasteiger partial charge in [0.25, 0.3) is 0 Å². The van der Waals surface area contributed by atoms with Crippen molar-refractivity contribution in [3.8, 4) is 0 Å². The largest absolute Gasteiger partial charge is 0.395 e. The topological polar surface area (TPSA) is 32.3 Å². The summed E-state index contributed by atoms with van der Waals surface area (Å²) in [4.78, 5) is 0. The highest BCUT2D eigenvalue weighted by atomic mass is 16.3. The maximum atomic E-state index is 8.91. The van der Waals surface area contributed by atoms with Crippen molar-refractivity contribution in [3.63, 3.8) is 0 Å². The van der Waals surface area contributed by atoms with E-state index in [1.165, 1.54) is 12.8 Å². The maximum Gasteiger partial charge on any atom is 0.0582 e. The molecule has 0 aliphatic rings. The number of rotatable bonds is 7. The Morgan fingerprint density at radius 1 is 1.15 bits per heavy atom. The second-order valence-corrected chi connectivity index (χ2v) is 4.10. The Kier molecular flexibility index (Phi) is 7.29. The molecule has 0 aliphatic heterocycles. The summed E-state index contributed by atoms with van der Waals surface area (Å²) in [6.45, 7) is 8.97. The standard InChI is InChI=1S/C11H25NO/c1-5-9(3)7-11(6-2)12-10(4)8-13/h9-13H,5-8H2,1-4H3/t9-,10+,11-/m0/s1. The average Bonchev–Trinajstić information content (AvgIpc) is 2.16. The van der Waals surface area contributed by atoms with E-state index in [2.05, 4.69) is 26.1 Å². The van der Waals surface area contributed by atoms with E-state index in [0.29, 0.717) is 6.04 Å². The summed E-state index contributed by atoms with van der Waals surface area (Å²) in [7, 11) is 0. The van der Waals surface area contributed by atoms with Crippen LogP contribution in [-0.2, 0) is 0 Å². The molecule has 80 valence electrons. The van der Waals surface area contributed by atoms with Crippen molar-refractivity contribution in [2.24, 2.45) is 5.92 Å². The van der Waals surface area contributed by atoms with Gasteiger partial charge in [-0.3, -0.25) is 0 Å². The van der Waals surface area contributed by atoms with Gasteiger partial charge in [-0.1, -0.05) is 27.2 Å². The highest BCUT2D eigenvalue weighted by Gasteiger charge is 2.12. The van der Waals surface area contributed by atoms with E-state index in [1.807, 2.05) is 6.92 Å². The molecule has 0 rings (SSSR count). The first-order chi connectivity index (χ1) is 6.13. The van der Waals surface area contributed by atoms with Gasteiger partial charge in [-0.25, -0.2) is 0 Å². The molecule has 0 spiro atoms. The molecule has 0 saturated carbocycles. The van der Waals surface area contributed by atoms with E-state index in [-0.39, 0.29) is 12.6 Å². The first-order valence-electron chi connectivity index (χ1n) is 5.50. The second-order valence-electron chi connectivity index (χ2n) is 4.10. The zero-order chi connectivity index (χ0) is 10.3. The van der Waals surface area contributed by atoms with Gasteiger partial charge >= 0.3 is 0 Å². The Morgan fingerprint density at radius 2 is 1.77 bits per heavy atom. The summed E-state index contributed by atoms with van der Waals surface area (Å²) < 4.78 is 0. The van der Waals surface area contributed by atoms with Gasteiger partial charge in [0.2, 0.25) is 0 Å². The van der Waals surface area contributed by atoms with Gasteiger partial charge < -0.3 is 10.4 Å². The van der Waals surface area contributed by atoms with Crippen molar-refractivity contribution in [2.45, 2.75) is 59.0 Å². The van der Waals surface area contributed by atoms with Crippen molar-refractivity contribution >= 4 is 0 Å². The van der Waals surface area contributed by atoms with Crippen molar-refractivity contribution in [1.82, 2.24) is 5.32 Å². The molecule has 0 radical (unpaired) electrons. The van der Waals surface area contributed by atoms with E-state index in [4.69, 9.17) is 5.11 Å². The number of nitrogens with one attached hydrogen (secondary N) is 1. The number of aliphatic hydroxyl groups excluding tert-OH is 1. The van der Waals surface area contributed by atoms with Crippen molar-refractivity contribution in [1.29, 1.82) is 0 Å². The van der Waals surface area contributed by atoms with Crippen LogP contribution >= 0.6 is 0 Å². The molecule has 3 atom stereocenters. The molecule has 2 nitrogen and oxygen atoms in total. The Balaban J connectivity index is 3.74. The smallest absolute Gasteiger partial charge is 0.0582 e. The van der Waals surface area contributed by atoms with Gasteiger partial charge in [-0.05, 0) is 25.7 Å². The zero-order valence-corrected chi connectivity index (χ0v) is 9.51. The first kappa shape index (κ1) is 12.9. The fourth-order valence-electron chi connectivity index (χ4n) is 1.46. The average molecular weight is 187 g/mol. The minimum Gasteiger partial charge on any atom is -0.395 e. The first-order valence-corrected chi connectivity index (χ1v) is 5.50. The van der Waals surface area contributed by atoms with E-state index < -0.39 is 0 Å². The van der Waals surface area contributed by atoms with Crippen molar-refractivity contribution in [2.75, 3.05) is 6.61 Å². The molecule has 2 N–H and O–H groups in total. The van der Waals surface area contributed by atoms with Gasteiger partial charge in [0.1, 0.15) is 0 Å². The Hall–Kier alpha value is -0.0800. The van der Waals surface area contributed by atoms with E-state index in [1.54, 1.807) is 0 Å². The minimum absolute atomic E-state index is 0.231. The molecule has 13 heavy (non-hydrogen) atoms. The van der Waals surface area contributed by atoms with Gasteiger partial charge in [0, 0.05) is 12.1 Å². The lowest BCUT2D eigenvalue weighted by Crippen LogP contribution is -2.39. The molecule has 0 aromatic carbocycles. The number of hydrogen-bond acceptors (Lipinski definition) is 2. The highest BCUT2D eigenvalue weighted by molar-refractivity contribution is 4.71. The van der Waals surface area contributed by atoms with Crippen LogP contribution in [-0.4, -0.2) is 23.8 Å². The van der Waals surface area contributed by atoms with E-state index in [0.717, 1.165) is 12.3 Å². The zero-order valence-electron chi connectivity index (χ0n) is 9.51. The Bertz CT molecular complexity index is 105. The fourth-order valence-corrected chi connectivity index (χ4v) is 1.46. The predicted molar refractivity (Wildman–Crippen MR) is 57.8 cm³/mol. The van der Waals surface area contributed by atoms with Crippen molar-refractivity contribution < 1.29 is 5.11 Å². The molecule has 0 aliphatic carbocycles. The van der Waals surface area contributed by atoms with Gasteiger partial charge in [0.05, 0.1) is 6.61 Å². The van der Waals surface area contributed by atoms with Crippen LogP contribution in [0.1, 0.15) is 47.0 Å². The van der Waals surface area contributed by atoms with Crippen LogP contribution in [0.2, 0.25) is 0 Å². The lowest BCUT2D eigenvalue weighted by molar-refractivity contribution is 0.231. The second kappa shape index (κ2) is 7.34. The van der Waals surface area contributed by atoms with Crippen LogP contribution < -0.4 is 5.32 Å². The normalized spacial score (nSPS) is 18.2. The monoisotopic (exact) mass is 187 g/mol. The molecule has 0 saturated heterocycles. The summed E-state index contributed by atoms with van der Waals surface area (Å²) in [5.41, 5.74) is 0. The molecule has 0 unspecified atom stereocenters. The highest BCUT2D eigenvalue weighted by Crippen LogP contribution is 2.12. The van der Waals surface area contributed by atoms with Crippen LogP contribution in [0.4, 0.5) is 0 Å². The van der Waals surface area contributed by atoms with Crippen LogP contribution in [0.3, 0.4) is 0 Å². The van der Waals surface area contributed by atoms with Crippen LogP contribution in [0.25, 0.3) is 0 Å². The van der Waals surface area contributed by atoms with Crippen LogP contribution in [0.5, 0.6) is 0 Å².